The van der Waals surface area contributed by atoms with E-state index in [4.69, 9.17) is 0 Å². The first kappa shape index (κ1) is 17.1. The van der Waals surface area contributed by atoms with Gasteiger partial charge in [0.2, 0.25) is 0 Å². The third kappa shape index (κ3) is 3.57. The van der Waals surface area contributed by atoms with Crippen molar-refractivity contribution in [1.29, 1.82) is 0 Å². The molecule has 20 heavy (non-hydrogen) atoms. The number of piperazine rings is 1. The lowest BCUT2D eigenvalue weighted by Crippen LogP contribution is -2.58. The molecule has 1 heterocycles. The average molecular weight is 316 g/mol. The van der Waals surface area contributed by atoms with E-state index in [-0.39, 0.29) is 9.80 Å². The van der Waals surface area contributed by atoms with E-state index in [9.17, 15) is 39.5 Å². The Morgan fingerprint density at radius 3 is 1.45 bits per heavy atom. The Bertz CT molecular complexity index is 363. The first-order chi connectivity index (χ1) is 8.90. The Hall–Kier alpha value is -0.970. The summed E-state index contributed by atoms with van der Waals surface area (Å²) in [4.78, 5) is -0.236. The fourth-order valence-corrected chi connectivity index (χ4v) is 1.71. The van der Waals surface area contributed by atoms with Crippen molar-refractivity contribution in [3.63, 3.8) is 0 Å². The molecule has 0 saturated carbocycles. The smallest absolute Gasteiger partial charge is 0.238 e. The zero-order chi connectivity index (χ0) is 15.8. The van der Waals surface area contributed by atoms with Crippen LogP contribution in [0.3, 0.4) is 0 Å². The van der Waals surface area contributed by atoms with Gasteiger partial charge in [-0.2, -0.15) is 35.1 Å². The summed E-state index contributed by atoms with van der Waals surface area (Å²) in [6.07, 6.45) is -11.6. The van der Waals surface area contributed by atoms with Crippen LogP contribution in [0, 0.1) is 0 Å². The molecule has 118 valence electrons. The Labute approximate surface area is 107 Å². The predicted octanol–water partition coefficient (Wildman–Crippen LogP) is 3.13. The van der Waals surface area contributed by atoms with E-state index in [0.29, 0.717) is 0 Å². The lowest BCUT2D eigenvalue weighted by molar-refractivity contribution is -0.264. The summed E-state index contributed by atoms with van der Waals surface area (Å²) < 4.78 is 113. The molecule has 0 aromatic carbocycles. The van der Waals surface area contributed by atoms with Gasteiger partial charge in [-0.1, -0.05) is 0 Å². The molecule has 1 rings (SSSR count). The SMILES string of the molecule is F/C=C(\C(F)(F)F)C(F)(F)N1CCN(C(F)(F)F)CC1. The molecular weight excluding hydrogens is 307 g/mol. The zero-order valence-corrected chi connectivity index (χ0v) is 9.70. The maximum absolute atomic E-state index is 13.5. The van der Waals surface area contributed by atoms with Crippen molar-refractivity contribution in [3.8, 4) is 0 Å². The van der Waals surface area contributed by atoms with Gasteiger partial charge in [0.25, 0.3) is 0 Å². The largest absolute Gasteiger partial charge is 0.460 e. The third-order valence-corrected chi connectivity index (χ3v) is 2.77. The van der Waals surface area contributed by atoms with E-state index in [0.717, 1.165) is 0 Å². The molecular formula is C9H9F9N2. The monoisotopic (exact) mass is 316 g/mol. The van der Waals surface area contributed by atoms with Crippen LogP contribution in [0.15, 0.2) is 11.9 Å². The van der Waals surface area contributed by atoms with E-state index in [2.05, 4.69) is 0 Å². The summed E-state index contributed by atoms with van der Waals surface area (Å²) in [7, 11) is 0. The molecule has 0 aromatic heterocycles. The number of halogens is 9. The van der Waals surface area contributed by atoms with Crippen molar-refractivity contribution in [2.24, 2.45) is 0 Å². The second-order valence-corrected chi connectivity index (χ2v) is 4.00. The molecule has 0 aliphatic carbocycles. The van der Waals surface area contributed by atoms with Gasteiger partial charge in [-0.05, 0) is 0 Å². The molecule has 0 atom stereocenters. The zero-order valence-electron chi connectivity index (χ0n) is 9.70. The summed E-state index contributed by atoms with van der Waals surface area (Å²) in [5, 5.41) is 0. The van der Waals surface area contributed by atoms with Gasteiger partial charge in [-0.25, -0.2) is 14.2 Å². The van der Waals surface area contributed by atoms with Crippen LogP contribution in [0.25, 0.3) is 0 Å². The van der Waals surface area contributed by atoms with Crippen LogP contribution in [-0.2, 0) is 0 Å². The number of hydrogen-bond donors (Lipinski definition) is 0. The predicted molar refractivity (Wildman–Crippen MR) is 49.4 cm³/mol. The van der Waals surface area contributed by atoms with Crippen LogP contribution >= 0.6 is 0 Å². The number of alkyl halides is 8. The lowest BCUT2D eigenvalue weighted by atomic mass is 10.2. The van der Waals surface area contributed by atoms with Gasteiger partial charge >= 0.3 is 18.5 Å². The normalized spacial score (nSPS) is 21.4. The standard InChI is InChI=1S/C9H9F9N2/c10-5-6(7(11,12)13)8(14,15)19-1-3-20(4-2-19)9(16,17)18/h5H,1-4H2/b6-5+. The highest BCUT2D eigenvalue weighted by atomic mass is 19.4. The van der Waals surface area contributed by atoms with Gasteiger partial charge < -0.3 is 0 Å². The van der Waals surface area contributed by atoms with Crippen LogP contribution in [0.1, 0.15) is 0 Å². The third-order valence-electron chi connectivity index (χ3n) is 2.77. The van der Waals surface area contributed by atoms with Gasteiger partial charge in [0.15, 0.2) is 0 Å². The highest BCUT2D eigenvalue weighted by Crippen LogP contribution is 2.40. The van der Waals surface area contributed by atoms with Crippen molar-refractivity contribution in [2.75, 3.05) is 26.2 Å². The molecule has 0 unspecified atom stereocenters. The van der Waals surface area contributed by atoms with Crippen molar-refractivity contribution in [1.82, 2.24) is 9.80 Å². The quantitative estimate of drug-likeness (QED) is 0.570. The minimum Gasteiger partial charge on any atom is -0.238 e. The summed E-state index contributed by atoms with van der Waals surface area (Å²) in [6.45, 7) is -3.78. The molecule has 0 aromatic rings. The average Bonchev–Trinajstić information content (AvgIpc) is 2.26. The van der Waals surface area contributed by atoms with E-state index in [1.807, 2.05) is 0 Å². The first-order valence-corrected chi connectivity index (χ1v) is 5.23. The summed E-state index contributed by atoms with van der Waals surface area (Å²) in [5.41, 5.74) is -2.73. The molecule has 1 fully saturated rings. The Morgan fingerprint density at radius 2 is 1.15 bits per heavy atom. The maximum Gasteiger partial charge on any atom is 0.460 e. The van der Waals surface area contributed by atoms with Gasteiger partial charge in [0, 0.05) is 26.2 Å². The van der Waals surface area contributed by atoms with Crippen LogP contribution in [-0.4, -0.2) is 54.5 Å². The van der Waals surface area contributed by atoms with E-state index in [1.165, 1.54) is 0 Å². The van der Waals surface area contributed by atoms with Crippen molar-refractivity contribution in [2.45, 2.75) is 18.5 Å². The molecule has 0 radical (unpaired) electrons. The second kappa shape index (κ2) is 5.43. The van der Waals surface area contributed by atoms with Gasteiger partial charge in [0.05, 0.1) is 0 Å². The van der Waals surface area contributed by atoms with E-state index >= 15 is 0 Å². The molecule has 0 amide bonds. The minimum atomic E-state index is -5.61. The van der Waals surface area contributed by atoms with Crippen LogP contribution in [0.2, 0.25) is 0 Å². The van der Waals surface area contributed by atoms with Gasteiger partial charge in [-0.3, -0.25) is 0 Å². The van der Waals surface area contributed by atoms with Crippen molar-refractivity contribution in [3.05, 3.63) is 11.9 Å². The highest BCUT2D eigenvalue weighted by molar-refractivity contribution is 5.16. The summed E-state index contributed by atoms with van der Waals surface area (Å²) in [5.74, 6) is 0. The number of rotatable bonds is 2. The second-order valence-electron chi connectivity index (χ2n) is 4.00. The fraction of sp³-hybridized carbons (Fsp3) is 0.778. The summed E-state index contributed by atoms with van der Waals surface area (Å²) in [6, 6.07) is -4.72. The van der Waals surface area contributed by atoms with E-state index in [1.54, 1.807) is 0 Å². The maximum atomic E-state index is 13.5. The highest BCUT2D eigenvalue weighted by Gasteiger charge is 2.55. The molecule has 1 aliphatic heterocycles. The van der Waals surface area contributed by atoms with Crippen LogP contribution < -0.4 is 0 Å². The number of nitrogens with zero attached hydrogens (tertiary/aromatic N) is 2. The molecule has 11 heteroatoms. The molecule has 1 aliphatic rings. The topological polar surface area (TPSA) is 6.48 Å². The fourth-order valence-electron chi connectivity index (χ4n) is 1.71. The van der Waals surface area contributed by atoms with Crippen LogP contribution in [0.5, 0.6) is 0 Å². The molecule has 0 N–H and O–H groups in total. The molecule has 0 spiro atoms. The van der Waals surface area contributed by atoms with Gasteiger partial charge in [0.1, 0.15) is 11.9 Å². The Balaban J connectivity index is 2.82. The first-order valence-electron chi connectivity index (χ1n) is 5.23. The lowest BCUT2D eigenvalue weighted by Gasteiger charge is -2.39. The summed E-state index contributed by atoms with van der Waals surface area (Å²) >= 11 is 0. The van der Waals surface area contributed by atoms with E-state index < -0.39 is 56.6 Å². The van der Waals surface area contributed by atoms with Crippen molar-refractivity contribution >= 4 is 0 Å². The Kier molecular flexibility index (Phi) is 4.64. The minimum absolute atomic E-state index is 0.105. The van der Waals surface area contributed by atoms with Crippen molar-refractivity contribution < 1.29 is 39.5 Å². The number of hydrogen-bond acceptors (Lipinski definition) is 2. The van der Waals surface area contributed by atoms with Crippen LogP contribution in [0.4, 0.5) is 39.5 Å². The molecule has 0 bridgehead atoms. The molecule has 2 nitrogen and oxygen atoms in total. The Morgan fingerprint density at radius 1 is 0.750 bits per heavy atom. The van der Waals surface area contributed by atoms with Gasteiger partial charge in [-0.15, -0.1) is 0 Å². The molecule has 1 saturated heterocycles.